The van der Waals surface area contributed by atoms with Gasteiger partial charge < -0.3 is 15.4 Å². The number of hydrogen-bond donors (Lipinski definition) is 1. The highest BCUT2D eigenvalue weighted by Crippen LogP contribution is 2.34. The van der Waals surface area contributed by atoms with E-state index < -0.39 is 5.91 Å². The van der Waals surface area contributed by atoms with Crippen LogP contribution in [0.15, 0.2) is 48.5 Å². The van der Waals surface area contributed by atoms with Crippen LogP contribution in [-0.4, -0.2) is 35.9 Å². The van der Waals surface area contributed by atoms with Gasteiger partial charge in [-0.15, -0.1) is 11.3 Å². The molecule has 1 saturated heterocycles. The lowest BCUT2D eigenvalue weighted by atomic mass is 10.00. The Morgan fingerprint density at radius 1 is 1.19 bits per heavy atom. The fourth-order valence-electron chi connectivity index (χ4n) is 4.23. The molecule has 1 atom stereocenters. The quantitative estimate of drug-likeness (QED) is 0.523. The molecule has 5 nitrogen and oxygen atoms in total. The molecule has 2 amide bonds. The van der Waals surface area contributed by atoms with Gasteiger partial charge >= 0.3 is 0 Å². The molecule has 162 valence electrons. The number of fused-ring (bicyclic) bond motifs is 1. The van der Waals surface area contributed by atoms with Gasteiger partial charge in [0.15, 0.2) is 0 Å². The summed E-state index contributed by atoms with van der Waals surface area (Å²) in [5, 5.41) is 1.05. The Morgan fingerprint density at radius 3 is 2.84 bits per heavy atom. The first-order valence-electron chi connectivity index (χ1n) is 10.5. The maximum atomic E-state index is 13.2. The topological polar surface area (TPSA) is 72.6 Å². The summed E-state index contributed by atoms with van der Waals surface area (Å²) in [7, 11) is 0. The summed E-state index contributed by atoms with van der Waals surface area (Å²) in [6, 6.07) is 14.0. The van der Waals surface area contributed by atoms with Crippen molar-refractivity contribution in [2.24, 2.45) is 5.73 Å². The molecule has 0 aliphatic carbocycles. The number of nitrogens with two attached hydrogens (primary N) is 1. The summed E-state index contributed by atoms with van der Waals surface area (Å²) in [5.41, 5.74) is 6.59. The molecule has 0 spiro atoms. The molecule has 2 heterocycles. The fourth-order valence-corrected chi connectivity index (χ4v) is 5.31. The van der Waals surface area contributed by atoms with Gasteiger partial charge in [-0.3, -0.25) is 9.59 Å². The molecular formula is C24H25FN2O3S. The molecule has 2 aromatic carbocycles. The second-order valence-corrected chi connectivity index (χ2v) is 8.82. The van der Waals surface area contributed by atoms with Crippen LogP contribution in [-0.2, 0) is 11.2 Å². The highest BCUT2D eigenvalue weighted by Gasteiger charge is 2.30. The van der Waals surface area contributed by atoms with Crippen molar-refractivity contribution in [1.82, 2.24) is 4.90 Å². The van der Waals surface area contributed by atoms with Crippen LogP contribution in [0.5, 0.6) is 5.75 Å². The number of primary amides is 1. The van der Waals surface area contributed by atoms with Crippen LogP contribution < -0.4 is 10.5 Å². The van der Waals surface area contributed by atoms with E-state index in [2.05, 4.69) is 0 Å². The molecule has 7 heteroatoms. The number of ether oxygens (including phenoxy) is 1. The Bertz CT molecular complexity index is 1100. The number of likely N-dealkylation sites (tertiary alicyclic amines) is 1. The number of carbonyl (C=O) groups excluding carboxylic acids is 2. The van der Waals surface area contributed by atoms with Crippen molar-refractivity contribution >= 4 is 33.2 Å². The van der Waals surface area contributed by atoms with Gasteiger partial charge in [-0.05, 0) is 54.8 Å². The molecule has 1 aliphatic heterocycles. The zero-order valence-corrected chi connectivity index (χ0v) is 18.0. The van der Waals surface area contributed by atoms with Crippen LogP contribution in [0.2, 0.25) is 0 Å². The molecule has 1 aliphatic rings. The van der Waals surface area contributed by atoms with Crippen molar-refractivity contribution in [1.29, 1.82) is 0 Å². The van der Waals surface area contributed by atoms with Gasteiger partial charge in [-0.25, -0.2) is 4.39 Å². The van der Waals surface area contributed by atoms with Crippen LogP contribution in [0, 0.1) is 5.82 Å². The molecule has 0 radical (unpaired) electrons. The first-order valence-corrected chi connectivity index (χ1v) is 11.3. The number of carbonyl (C=O) groups is 2. The van der Waals surface area contributed by atoms with Crippen LogP contribution in [0.25, 0.3) is 10.1 Å². The average molecular weight is 441 g/mol. The molecule has 1 fully saturated rings. The SMILES string of the molecule is NC(=O)c1sc2ccccc2c1CC1CCCN1C(=O)CCCOc1cccc(F)c1. The number of rotatable bonds is 8. The lowest BCUT2D eigenvalue weighted by Gasteiger charge is -2.25. The van der Waals surface area contributed by atoms with E-state index in [-0.39, 0.29) is 17.8 Å². The average Bonchev–Trinajstić information content (AvgIpc) is 3.37. The predicted octanol–water partition coefficient (Wildman–Crippen LogP) is 4.53. The first kappa shape index (κ1) is 21.3. The van der Waals surface area contributed by atoms with Gasteiger partial charge in [-0.1, -0.05) is 24.3 Å². The molecule has 31 heavy (non-hydrogen) atoms. The Labute approximate surface area is 184 Å². The highest BCUT2D eigenvalue weighted by atomic mass is 32.1. The summed E-state index contributed by atoms with van der Waals surface area (Å²) < 4.78 is 19.8. The highest BCUT2D eigenvalue weighted by molar-refractivity contribution is 7.21. The Morgan fingerprint density at radius 2 is 2.03 bits per heavy atom. The van der Waals surface area contributed by atoms with Crippen LogP contribution >= 0.6 is 11.3 Å². The first-order chi connectivity index (χ1) is 15.0. The largest absolute Gasteiger partial charge is 0.493 e. The smallest absolute Gasteiger partial charge is 0.259 e. The van der Waals surface area contributed by atoms with Crippen LogP contribution in [0.4, 0.5) is 4.39 Å². The van der Waals surface area contributed by atoms with E-state index in [0.717, 1.165) is 35.0 Å². The van der Waals surface area contributed by atoms with E-state index >= 15 is 0 Å². The van der Waals surface area contributed by atoms with E-state index in [0.29, 0.717) is 36.5 Å². The number of thiophene rings is 1. The molecular weight excluding hydrogens is 415 g/mol. The summed E-state index contributed by atoms with van der Waals surface area (Å²) in [5.74, 6) is -0.202. The van der Waals surface area contributed by atoms with Gasteiger partial charge in [0.05, 0.1) is 11.5 Å². The molecule has 1 aromatic heterocycles. The minimum atomic E-state index is -0.415. The lowest BCUT2D eigenvalue weighted by Crippen LogP contribution is -2.37. The molecule has 0 saturated carbocycles. The normalized spacial score (nSPS) is 16.0. The van der Waals surface area contributed by atoms with Gasteiger partial charge in [-0.2, -0.15) is 0 Å². The van der Waals surface area contributed by atoms with Crippen molar-refractivity contribution in [2.45, 2.75) is 38.1 Å². The third-order valence-corrected chi connectivity index (χ3v) is 6.89. The standard InChI is InChI=1S/C24H25FN2O3S/c25-16-6-3-8-18(14-16)30-13-5-11-22(28)27-12-4-7-17(27)15-20-19-9-1-2-10-21(19)31-23(20)24(26)29/h1-3,6,8-10,14,17H,4-5,7,11-13,15H2,(H2,26,29). The second kappa shape index (κ2) is 9.47. The van der Waals surface area contributed by atoms with E-state index in [1.54, 1.807) is 12.1 Å². The van der Waals surface area contributed by atoms with Gasteiger partial charge in [0.25, 0.3) is 5.91 Å². The number of halogens is 1. The second-order valence-electron chi connectivity index (χ2n) is 7.77. The maximum absolute atomic E-state index is 13.2. The van der Waals surface area contributed by atoms with Crippen molar-refractivity contribution in [3.63, 3.8) is 0 Å². The Balaban J connectivity index is 1.38. The lowest BCUT2D eigenvalue weighted by molar-refractivity contribution is -0.132. The van der Waals surface area contributed by atoms with Gasteiger partial charge in [0.1, 0.15) is 11.6 Å². The number of hydrogen-bond acceptors (Lipinski definition) is 4. The fraction of sp³-hybridized carbons (Fsp3) is 0.333. The molecule has 3 aromatic rings. The number of benzene rings is 2. The zero-order chi connectivity index (χ0) is 21.8. The monoisotopic (exact) mass is 440 g/mol. The summed E-state index contributed by atoms with van der Waals surface area (Å²) in [6.45, 7) is 1.08. The minimum Gasteiger partial charge on any atom is -0.493 e. The van der Waals surface area contributed by atoms with Crippen molar-refractivity contribution in [2.75, 3.05) is 13.2 Å². The van der Waals surface area contributed by atoms with E-state index in [4.69, 9.17) is 10.5 Å². The Hall–Kier alpha value is -2.93. The summed E-state index contributed by atoms with van der Waals surface area (Å²) in [6.07, 6.45) is 3.43. The van der Waals surface area contributed by atoms with Crippen LogP contribution in [0.3, 0.4) is 0 Å². The number of amides is 2. The Kier molecular flexibility index (Phi) is 6.51. The minimum absolute atomic E-state index is 0.0627. The third-order valence-electron chi connectivity index (χ3n) is 5.66. The summed E-state index contributed by atoms with van der Waals surface area (Å²) >= 11 is 1.42. The van der Waals surface area contributed by atoms with Crippen molar-refractivity contribution in [3.8, 4) is 5.75 Å². The van der Waals surface area contributed by atoms with Gasteiger partial charge in [0, 0.05) is 29.8 Å². The van der Waals surface area contributed by atoms with Crippen molar-refractivity contribution < 1.29 is 18.7 Å². The molecule has 4 rings (SSSR count). The predicted molar refractivity (Wildman–Crippen MR) is 120 cm³/mol. The van der Waals surface area contributed by atoms with Crippen molar-refractivity contribution in [3.05, 3.63) is 64.8 Å². The third kappa shape index (κ3) is 4.88. The zero-order valence-electron chi connectivity index (χ0n) is 17.2. The van der Waals surface area contributed by atoms with Gasteiger partial charge in [0.2, 0.25) is 5.91 Å². The van der Waals surface area contributed by atoms with E-state index in [9.17, 15) is 14.0 Å². The van der Waals surface area contributed by atoms with E-state index in [1.165, 1.54) is 23.5 Å². The molecule has 0 bridgehead atoms. The van der Waals surface area contributed by atoms with Crippen LogP contribution in [0.1, 0.15) is 40.9 Å². The molecule has 2 N–H and O–H groups in total. The van der Waals surface area contributed by atoms with E-state index in [1.807, 2.05) is 29.2 Å². The maximum Gasteiger partial charge on any atom is 0.259 e. The number of nitrogens with zero attached hydrogens (tertiary/aromatic N) is 1. The molecule has 1 unspecified atom stereocenters. The summed E-state index contributed by atoms with van der Waals surface area (Å²) in [4.78, 5) is 27.4.